The number of nitrogens with zero attached hydrogens (tertiary/aromatic N) is 3. The van der Waals surface area contributed by atoms with Crippen molar-refractivity contribution >= 4 is 18.4 Å². The lowest BCUT2D eigenvalue weighted by molar-refractivity contribution is -0.903. The number of likely N-dealkylation sites (tertiary alicyclic amines) is 1. The fourth-order valence-corrected chi connectivity index (χ4v) is 4.83. The zero-order chi connectivity index (χ0) is 23.4. The Balaban J connectivity index is 1.83. The number of hydrogen-bond acceptors (Lipinski definition) is 4. The molecule has 6 nitrogen and oxygen atoms in total. The van der Waals surface area contributed by atoms with Crippen molar-refractivity contribution in [3.05, 3.63) is 80.3 Å². The van der Waals surface area contributed by atoms with Gasteiger partial charge in [-0.05, 0) is 68.6 Å². The lowest BCUT2D eigenvalue weighted by Gasteiger charge is -2.22. The minimum absolute atomic E-state index is 0.142. The van der Waals surface area contributed by atoms with E-state index in [1.165, 1.54) is 43.1 Å². The maximum absolute atomic E-state index is 13.6. The standard InChI is InChI=1S/C26H30N4O2S/c1-19-10-4-6-12-22(19)29-24(31)21(18-27-14-17-28-15-8-3-9-16-28)25(32)30(26(29)33)23-13-7-5-11-20(23)2/h4-7,10-13,18,31H,3,8-9,14-17H2,1-2H3/p+1. The van der Waals surface area contributed by atoms with Crippen molar-refractivity contribution in [2.75, 3.05) is 26.2 Å². The summed E-state index contributed by atoms with van der Waals surface area (Å²) in [7, 11) is 0. The molecular formula is C26H31N4O2S+. The molecule has 1 aliphatic heterocycles. The van der Waals surface area contributed by atoms with Crippen LogP contribution in [0.3, 0.4) is 0 Å². The molecule has 0 spiro atoms. The summed E-state index contributed by atoms with van der Waals surface area (Å²) in [4.78, 5) is 19.6. The number of aryl methyl sites for hydroxylation is 2. The van der Waals surface area contributed by atoms with Crippen molar-refractivity contribution in [2.24, 2.45) is 4.99 Å². The number of aromatic hydroxyl groups is 1. The van der Waals surface area contributed by atoms with Crippen LogP contribution in [0.15, 0.2) is 58.3 Å². The van der Waals surface area contributed by atoms with Gasteiger partial charge >= 0.3 is 0 Å². The SMILES string of the molecule is Cc1ccccc1-n1c(O)c(C=NCC[NH+]2CCCCC2)c(=O)n(-c2ccccc2C)c1=S. The predicted octanol–water partition coefficient (Wildman–Crippen LogP) is 3.17. The Morgan fingerprint density at radius 3 is 2.15 bits per heavy atom. The molecule has 1 fully saturated rings. The van der Waals surface area contributed by atoms with E-state index >= 15 is 0 Å². The van der Waals surface area contributed by atoms with Crippen molar-refractivity contribution in [2.45, 2.75) is 33.1 Å². The highest BCUT2D eigenvalue weighted by Crippen LogP contribution is 2.24. The number of hydrogen-bond donors (Lipinski definition) is 2. The van der Waals surface area contributed by atoms with Gasteiger partial charge in [0.2, 0.25) is 5.88 Å². The number of nitrogens with one attached hydrogen (secondary N) is 1. The van der Waals surface area contributed by atoms with Crippen LogP contribution in [-0.4, -0.2) is 46.6 Å². The van der Waals surface area contributed by atoms with Crippen molar-refractivity contribution in [3.63, 3.8) is 0 Å². The second-order valence-corrected chi connectivity index (χ2v) is 9.03. The third-order valence-electron chi connectivity index (χ3n) is 6.36. The molecule has 0 radical (unpaired) electrons. The number of aromatic nitrogens is 2. The molecule has 1 saturated heterocycles. The molecule has 1 aliphatic rings. The average molecular weight is 464 g/mol. The molecule has 0 amide bonds. The molecule has 3 aromatic rings. The maximum Gasteiger partial charge on any atom is 0.271 e. The van der Waals surface area contributed by atoms with Gasteiger partial charge in [-0.25, -0.2) is 0 Å². The Hall–Kier alpha value is -3.03. The Bertz CT molecular complexity index is 1290. The van der Waals surface area contributed by atoms with Crippen molar-refractivity contribution in [1.82, 2.24) is 9.13 Å². The van der Waals surface area contributed by atoms with Crippen LogP contribution in [0.4, 0.5) is 0 Å². The molecule has 33 heavy (non-hydrogen) atoms. The summed E-state index contributed by atoms with van der Waals surface area (Å²) < 4.78 is 3.28. The minimum Gasteiger partial charge on any atom is -0.494 e. The minimum atomic E-state index is -0.370. The summed E-state index contributed by atoms with van der Waals surface area (Å²) >= 11 is 5.75. The summed E-state index contributed by atoms with van der Waals surface area (Å²) in [5.41, 5.74) is 3.06. The summed E-state index contributed by atoms with van der Waals surface area (Å²) in [6.45, 7) is 7.79. The number of aliphatic imine (C=N–C) groups is 1. The topological polar surface area (TPSA) is 64.0 Å². The van der Waals surface area contributed by atoms with E-state index < -0.39 is 0 Å². The fourth-order valence-electron chi connectivity index (χ4n) is 4.47. The molecule has 2 N–H and O–H groups in total. The van der Waals surface area contributed by atoms with Crippen LogP contribution in [0.25, 0.3) is 11.4 Å². The van der Waals surface area contributed by atoms with E-state index in [9.17, 15) is 9.90 Å². The van der Waals surface area contributed by atoms with Gasteiger partial charge in [-0.15, -0.1) is 0 Å². The zero-order valence-electron chi connectivity index (χ0n) is 19.3. The molecule has 7 heteroatoms. The van der Waals surface area contributed by atoms with E-state index in [4.69, 9.17) is 12.2 Å². The van der Waals surface area contributed by atoms with Gasteiger partial charge in [0, 0.05) is 6.21 Å². The van der Waals surface area contributed by atoms with Gasteiger partial charge in [-0.1, -0.05) is 36.4 Å². The largest absolute Gasteiger partial charge is 0.494 e. The highest BCUT2D eigenvalue weighted by Gasteiger charge is 2.20. The first-order valence-corrected chi connectivity index (χ1v) is 12.0. The summed E-state index contributed by atoms with van der Waals surface area (Å²) in [6.07, 6.45) is 5.35. The normalized spacial score (nSPS) is 14.7. The summed E-state index contributed by atoms with van der Waals surface area (Å²) in [6, 6.07) is 15.3. The van der Waals surface area contributed by atoms with E-state index in [1.807, 2.05) is 62.4 Å². The fraction of sp³-hybridized carbons (Fsp3) is 0.346. The van der Waals surface area contributed by atoms with Crippen LogP contribution in [0.5, 0.6) is 5.88 Å². The monoisotopic (exact) mass is 463 g/mol. The first kappa shape index (κ1) is 23.1. The number of benzene rings is 2. The number of quaternary nitrogens is 1. The first-order valence-electron chi connectivity index (χ1n) is 11.6. The summed E-state index contributed by atoms with van der Waals surface area (Å²) in [5, 5.41) is 11.2. The lowest BCUT2D eigenvalue weighted by Crippen LogP contribution is -3.13. The molecule has 2 heterocycles. The van der Waals surface area contributed by atoms with Gasteiger partial charge in [0.25, 0.3) is 5.56 Å². The van der Waals surface area contributed by atoms with E-state index in [1.54, 1.807) is 9.47 Å². The van der Waals surface area contributed by atoms with E-state index in [-0.39, 0.29) is 21.8 Å². The van der Waals surface area contributed by atoms with E-state index in [0.717, 1.165) is 23.4 Å². The third kappa shape index (κ3) is 4.84. The van der Waals surface area contributed by atoms with E-state index in [2.05, 4.69) is 4.99 Å². The van der Waals surface area contributed by atoms with Crippen LogP contribution >= 0.6 is 12.2 Å². The van der Waals surface area contributed by atoms with Gasteiger partial charge in [0.05, 0.1) is 37.6 Å². The van der Waals surface area contributed by atoms with Crippen LogP contribution < -0.4 is 10.5 Å². The lowest BCUT2D eigenvalue weighted by atomic mass is 10.1. The molecule has 0 saturated carbocycles. The number of rotatable bonds is 6. The Morgan fingerprint density at radius 1 is 0.970 bits per heavy atom. The number of piperidine rings is 1. The van der Waals surface area contributed by atoms with Crippen LogP contribution in [0.1, 0.15) is 36.0 Å². The maximum atomic E-state index is 13.6. The smallest absolute Gasteiger partial charge is 0.271 e. The highest BCUT2D eigenvalue weighted by atomic mass is 32.1. The Morgan fingerprint density at radius 2 is 1.55 bits per heavy atom. The van der Waals surface area contributed by atoms with Gasteiger partial charge < -0.3 is 10.0 Å². The van der Waals surface area contributed by atoms with Crippen LogP contribution in [-0.2, 0) is 0 Å². The second kappa shape index (κ2) is 10.3. The van der Waals surface area contributed by atoms with Gasteiger partial charge in [-0.2, -0.15) is 0 Å². The molecule has 2 aromatic carbocycles. The van der Waals surface area contributed by atoms with Gasteiger partial charge in [-0.3, -0.25) is 18.9 Å². The molecule has 0 bridgehead atoms. The predicted molar refractivity (Wildman–Crippen MR) is 135 cm³/mol. The van der Waals surface area contributed by atoms with Gasteiger partial charge in [0.15, 0.2) is 4.77 Å². The molecule has 0 unspecified atom stereocenters. The Labute approximate surface area is 199 Å². The third-order valence-corrected chi connectivity index (χ3v) is 6.72. The number of para-hydroxylation sites is 2. The molecule has 4 rings (SSSR count). The first-order chi connectivity index (χ1) is 16.0. The quantitative estimate of drug-likeness (QED) is 0.436. The molecule has 1 aromatic heterocycles. The van der Waals surface area contributed by atoms with Crippen LogP contribution in [0.2, 0.25) is 0 Å². The van der Waals surface area contributed by atoms with Crippen molar-refractivity contribution in [3.8, 4) is 17.3 Å². The van der Waals surface area contributed by atoms with Crippen molar-refractivity contribution in [1.29, 1.82) is 0 Å². The second-order valence-electron chi connectivity index (χ2n) is 8.66. The zero-order valence-corrected chi connectivity index (χ0v) is 20.1. The highest BCUT2D eigenvalue weighted by molar-refractivity contribution is 7.71. The average Bonchev–Trinajstić information content (AvgIpc) is 2.81. The molecule has 172 valence electrons. The molecule has 0 atom stereocenters. The molecule has 0 aliphatic carbocycles. The van der Waals surface area contributed by atoms with Crippen LogP contribution in [0, 0.1) is 18.6 Å². The van der Waals surface area contributed by atoms with E-state index in [0.29, 0.717) is 12.2 Å². The summed E-state index contributed by atoms with van der Waals surface area (Å²) in [5.74, 6) is -0.182. The molecular weight excluding hydrogens is 432 g/mol. The van der Waals surface area contributed by atoms with Crippen molar-refractivity contribution < 1.29 is 10.0 Å². The van der Waals surface area contributed by atoms with Gasteiger partial charge in [0.1, 0.15) is 5.56 Å². The Kier molecular flexibility index (Phi) is 7.20.